The van der Waals surface area contributed by atoms with Crippen LogP contribution in [0.25, 0.3) is 0 Å². The number of nitrogens with two attached hydrogens (primary N) is 3. The van der Waals surface area contributed by atoms with E-state index in [0.29, 0.717) is 23.5 Å². The van der Waals surface area contributed by atoms with Crippen LogP contribution < -0.4 is 32.6 Å². The van der Waals surface area contributed by atoms with E-state index in [1.165, 1.54) is 17.7 Å². The van der Waals surface area contributed by atoms with Gasteiger partial charge in [-0.3, -0.25) is 9.59 Å². The number of hydrogen-bond acceptors (Lipinski definition) is 5. The average molecular weight is 611 g/mol. The minimum Gasteiger partial charge on any atom is -0.488 e. The molecule has 0 aliphatic rings. The van der Waals surface area contributed by atoms with Crippen molar-refractivity contribution in [2.75, 3.05) is 5.32 Å². The third-order valence-electron chi connectivity index (χ3n) is 7.06. The summed E-state index contributed by atoms with van der Waals surface area (Å²) >= 11 is 0. The molecule has 10 heteroatoms. The molecule has 0 bridgehead atoms. The zero-order valence-electron chi connectivity index (χ0n) is 25.6. The van der Waals surface area contributed by atoms with E-state index in [1.54, 1.807) is 54.6 Å². The van der Waals surface area contributed by atoms with Gasteiger partial charge in [-0.1, -0.05) is 69.3 Å². The van der Waals surface area contributed by atoms with Gasteiger partial charge in [-0.2, -0.15) is 0 Å². The lowest BCUT2D eigenvalue weighted by Crippen LogP contribution is -2.37. The molecule has 234 valence electrons. The highest BCUT2D eigenvalue weighted by Crippen LogP contribution is 2.26. The van der Waals surface area contributed by atoms with E-state index in [0.717, 1.165) is 11.1 Å². The van der Waals surface area contributed by atoms with Gasteiger partial charge in [0.2, 0.25) is 5.91 Å². The van der Waals surface area contributed by atoms with Crippen LogP contribution in [0.3, 0.4) is 0 Å². The first kappa shape index (κ1) is 32.7. The molecule has 9 nitrogen and oxygen atoms in total. The third kappa shape index (κ3) is 9.64. The number of aliphatic imine (C=N–C) groups is 1. The maximum atomic E-state index is 13.4. The highest BCUT2D eigenvalue weighted by atomic mass is 19.1. The molecular weight excluding hydrogens is 571 g/mol. The topological polar surface area (TPSA) is 158 Å². The van der Waals surface area contributed by atoms with Gasteiger partial charge >= 0.3 is 0 Å². The Hall–Kier alpha value is -5.22. The standard InChI is InChI=1S/C35H39FN6O3/c1-35(2,3)25-10-4-23(5-11-25)20-40-32(43)29-17-16-28(19-31(29)45-21-24-6-12-26(36)13-7-24)41-33(44)30(37)18-22-8-14-27(15-9-22)42-34(38)39/h4-17,19,30H,18,20-21,37H2,1-3H3,(H,40,43)(H,41,44)(H4,38,39,42)/t30-/m0/s1. The Morgan fingerprint density at radius 2 is 1.49 bits per heavy atom. The lowest BCUT2D eigenvalue weighted by atomic mass is 9.87. The molecule has 0 fully saturated rings. The fourth-order valence-corrected chi connectivity index (χ4v) is 4.49. The Bertz CT molecular complexity index is 1640. The third-order valence-corrected chi connectivity index (χ3v) is 7.06. The smallest absolute Gasteiger partial charge is 0.255 e. The average Bonchev–Trinajstić information content (AvgIpc) is 3.00. The molecule has 4 aromatic carbocycles. The zero-order chi connectivity index (χ0) is 32.6. The summed E-state index contributed by atoms with van der Waals surface area (Å²) in [7, 11) is 0. The molecule has 0 aliphatic carbocycles. The SMILES string of the molecule is CC(C)(C)c1ccc(CNC(=O)c2ccc(NC(=O)[C@@H](N)Cc3ccc(N=C(N)N)cc3)cc2OCc2ccc(F)cc2)cc1. The van der Waals surface area contributed by atoms with Gasteiger partial charge < -0.3 is 32.6 Å². The largest absolute Gasteiger partial charge is 0.488 e. The van der Waals surface area contributed by atoms with Gasteiger partial charge in [-0.15, -0.1) is 0 Å². The Kier molecular flexibility index (Phi) is 10.5. The van der Waals surface area contributed by atoms with Crippen molar-refractivity contribution >= 4 is 29.1 Å². The van der Waals surface area contributed by atoms with Crippen LogP contribution in [0.2, 0.25) is 0 Å². The lowest BCUT2D eigenvalue weighted by Gasteiger charge is -2.19. The van der Waals surface area contributed by atoms with Crippen molar-refractivity contribution in [1.29, 1.82) is 0 Å². The van der Waals surface area contributed by atoms with Crippen LogP contribution in [-0.4, -0.2) is 23.8 Å². The Balaban J connectivity index is 1.46. The normalized spacial score (nSPS) is 11.8. The van der Waals surface area contributed by atoms with Crippen molar-refractivity contribution < 1.29 is 18.7 Å². The highest BCUT2D eigenvalue weighted by Gasteiger charge is 2.18. The molecule has 2 amide bonds. The molecule has 8 N–H and O–H groups in total. The van der Waals surface area contributed by atoms with Gasteiger partial charge in [0.15, 0.2) is 5.96 Å². The van der Waals surface area contributed by atoms with Crippen molar-refractivity contribution in [3.63, 3.8) is 0 Å². The van der Waals surface area contributed by atoms with Gasteiger partial charge in [0.1, 0.15) is 18.2 Å². The predicted molar refractivity (Wildman–Crippen MR) is 176 cm³/mol. The van der Waals surface area contributed by atoms with Gasteiger partial charge in [-0.05, 0) is 70.5 Å². The lowest BCUT2D eigenvalue weighted by molar-refractivity contribution is -0.117. The summed E-state index contributed by atoms with van der Waals surface area (Å²) in [6.07, 6.45) is 0.277. The van der Waals surface area contributed by atoms with Crippen LogP contribution >= 0.6 is 0 Å². The van der Waals surface area contributed by atoms with Crippen molar-refractivity contribution in [3.05, 3.63) is 125 Å². The minimum absolute atomic E-state index is 0.0284. The summed E-state index contributed by atoms with van der Waals surface area (Å²) in [4.78, 5) is 30.2. The molecule has 0 saturated carbocycles. The van der Waals surface area contributed by atoms with Crippen molar-refractivity contribution in [3.8, 4) is 5.75 Å². The Morgan fingerprint density at radius 1 is 0.867 bits per heavy atom. The van der Waals surface area contributed by atoms with Gasteiger partial charge in [-0.25, -0.2) is 9.38 Å². The van der Waals surface area contributed by atoms with Gasteiger partial charge in [0, 0.05) is 18.3 Å². The van der Waals surface area contributed by atoms with E-state index in [9.17, 15) is 14.0 Å². The molecule has 0 aliphatic heterocycles. The molecule has 0 saturated heterocycles. The molecule has 0 radical (unpaired) electrons. The number of benzene rings is 4. The summed E-state index contributed by atoms with van der Waals surface area (Å²) < 4.78 is 19.4. The number of hydrogen-bond donors (Lipinski definition) is 5. The summed E-state index contributed by atoms with van der Waals surface area (Å²) in [5, 5.41) is 5.75. The molecule has 1 atom stereocenters. The van der Waals surface area contributed by atoms with Crippen molar-refractivity contribution in [2.45, 2.75) is 51.8 Å². The number of halogens is 1. The summed E-state index contributed by atoms with van der Waals surface area (Å²) in [5.41, 5.74) is 22.0. The van der Waals surface area contributed by atoms with E-state index < -0.39 is 11.9 Å². The molecule has 0 heterocycles. The molecule has 0 aromatic heterocycles. The number of nitrogens with zero attached hydrogens (tertiary/aromatic N) is 1. The van der Waals surface area contributed by atoms with Crippen LogP contribution in [0.4, 0.5) is 15.8 Å². The maximum Gasteiger partial charge on any atom is 0.255 e. The minimum atomic E-state index is -0.852. The van der Waals surface area contributed by atoms with E-state index in [2.05, 4.69) is 48.5 Å². The maximum absolute atomic E-state index is 13.4. The monoisotopic (exact) mass is 610 g/mol. The second-order valence-corrected chi connectivity index (χ2v) is 11.8. The van der Waals surface area contributed by atoms with E-state index in [-0.39, 0.29) is 47.4 Å². The molecule has 4 rings (SSSR count). The first-order chi connectivity index (χ1) is 21.4. The number of nitrogens with one attached hydrogen (secondary N) is 2. The second-order valence-electron chi connectivity index (χ2n) is 11.8. The number of carbonyl (C=O) groups excluding carboxylic acids is 2. The van der Waals surface area contributed by atoms with Gasteiger partial charge in [0.05, 0.1) is 17.3 Å². The number of carbonyl (C=O) groups is 2. The fraction of sp³-hybridized carbons (Fsp3) is 0.229. The van der Waals surface area contributed by atoms with Crippen LogP contribution in [0.1, 0.15) is 53.4 Å². The molecule has 4 aromatic rings. The number of rotatable bonds is 11. The zero-order valence-corrected chi connectivity index (χ0v) is 25.6. The second kappa shape index (κ2) is 14.5. The Labute approximate surface area is 262 Å². The summed E-state index contributed by atoms with van der Waals surface area (Å²) in [6, 6.07) is 25.0. The number of ether oxygens (including phenoxy) is 1. The van der Waals surface area contributed by atoms with Crippen LogP contribution in [0, 0.1) is 5.82 Å². The van der Waals surface area contributed by atoms with Crippen LogP contribution in [-0.2, 0) is 29.8 Å². The van der Waals surface area contributed by atoms with E-state index in [4.69, 9.17) is 21.9 Å². The van der Waals surface area contributed by atoms with Crippen LogP contribution in [0.5, 0.6) is 5.75 Å². The quantitative estimate of drug-likeness (QED) is 0.118. The number of amides is 2. The predicted octanol–water partition coefficient (Wildman–Crippen LogP) is 5.05. The first-order valence-corrected chi connectivity index (χ1v) is 14.5. The molecule has 45 heavy (non-hydrogen) atoms. The first-order valence-electron chi connectivity index (χ1n) is 14.5. The molecule has 0 unspecified atom stereocenters. The fourth-order valence-electron chi connectivity index (χ4n) is 4.49. The number of guanidine groups is 1. The van der Waals surface area contributed by atoms with Crippen molar-refractivity contribution in [1.82, 2.24) is 5.32 Å². The highest BCUT2D eigenvalue weighted by molar-refractivity contribution is 5.99. The van der Waals surface area contributed by atoms with Gasteiger partial charge in [0.25, 0.3) is 5.91 Å². The van der Waals surface area contributed by atoms with E-state index >= 15 is 0 Å². The Morgan fingerprint density at radius 3 is 2.11 bits per heavy atom. The number of anilines is 1. The summed E-state index contributed by atoms with van der Waals surface area (Å²) in [5.74, 6) is -0.914. The van der Waals surface area contributed by atoms with E-state index in [1.807, 2.05) is 12.1 Å². The molecular formula is C35H39FN6O3. The van der Waals surface area contributed by atoms with Crippen LogP contribution in [0.15, 0.2) is 96.0 Å². The summed E-state index contributed by atoms with van der Waals surface area (Å²) in [6.45, 7) is 6.84. The van der Waals surface area contributed by atoms with Crippen molar-refractivity contribution in [2.24, 2.45) is 22.2 Å². The molecule has 0 spiro atoms.